The molecule has 9 heteroatoms. The number of phenolic OH excluding ortho intramolecular Hbond substituents is 1. The summed E-state index contributed by atoms with van der Waals surface area (Å²) in [6.07, 6.45) is 1.33. The van der Waals surface area contributed by atoms with Crippen molar-refractivity contribution in [2.24, 2.45) is 5.10 Å². The van der Waals surface area contributed by atoms with Crippen molar-refractivity contribution < 1.29 is 18.3 Å². The fraction of sp³-hybridized carbons (Fsp3) is 0.100. The molecule has 7 nitrogen and oxygen atoms in total. The molecule has 0 aliphatic carbocycles. The molecule has 3 aromatic carbocycles. The van der Waals surface area contributed by atoms with Gasteiger partial charge in [-0.1, -0.05) is 46.3 Å². The van der Waals surface area contributed by atoms with E-state index in [9.17, 15) is 18.3 Å². The quantitative estimate of drug-likeness (QED) is 0.422. The lowest BCUT2D eigenvalue weighted by molar-refractivity contribution is -0.121. The second-order valence-electron chi connectivity index (χ2n) is 6.23. The molecule has 0 spiro atoms. The van der Waals surface area contributed by atoms with Crippen molar-refractivity contribution in [1.29, 1.82) is 0 Å². The molecule has 0 radical (unpaired) electrons. The summed E-state index contributed by atoms with van der Waals surface area (Å²) < 4.78 is 26.7. The Kier molecular flexibility index (Phi) is 6.31. The Labute approximate surface area is 176 Å². The zero-order valence-electron chi connectivity index (χ0n) is 15.4. The van der Waals surface area contributed by atoms with Gasteiger partial charge in [0.25, 0.3) is 5.91 Å². The molecular weight excluding hydrogens is 458 g/mol. The number of aromatic hydroxyl groups is 1. The van der Waals surface area contributed by atoms with Gasteiger partial charge in [0.2, 0.25) is 10.0 Å². The van der Waals surface area contributed by atoms with Gasteiger partial charge in [0.05, 0.1) is 17.7 Å². The topological polar surface area (TPSA) is 99.1 Å². The molecule has 0 aliphatic heterocycles. The summed E-state index contributed by atoms with van der Waals surface area (Å²) in [6, 6.07) is 16.9. The highest BCUT2D eigenvalue weighted by Crippen LogP contribution is 2.25. The second kappa shape index (κ2) is 8.73. The summed E-state index contributed by atoms with van der Waals surface area (Å²) in [4.78, 5) is 12.2. The van der Waals surface area contributed by atoms with Crippen LogP contribution in [0.4, 0.5) is 0 Å². The van der Waals surface area contributed by atoms with Crippen LogP contribution in [0.5, 0.6) is 5.75 Å². The summed E-state index contributed by atoms with van der Waals surface area (Å²) in [6.45, 7) is -0.405. The van der Waals surface area contributed by atoms with Crippen molar-refractivity contribution in [1.82, 2.24) is 9.73 Å². The van der Waals surface area contributed by atoms with Crippen LogP contribution in [0.1, 0.15) is 5.56 Å². The molecule has 0 unspecified atom stereocenters. The predicted molar refractivity (Wildman–Crippen MR) is 115 cm³/mol. The van der Waals surface area contributed by atoms with E-state index in [4.69, 9.17) is 0 Å². The molecule has 3 aromatic rings. The van der Waals surface area contributed by atoms with Gasteiger partial charge in [0.1, 0.15) is 5.75 Å². The van der Waals surface area contributed by atoms with Gasteiger partial charge in [-0.3, -0.25) is 4.79 Å². The van der Waals surface area contributed by atoms with E-state index < -0.39 is 22.5 Å². The number of phenols is 1. The first kappa shape index (κ1) is 21.0. The number of likely N-dealkylation sites (N-methyl/N-ethyl adjacent to an activating group) is 1. The highest BCUT2D eigenvalue weighted by Gasteiger charge is 2.22. The summed E-state index contributed by atoms with van der Waals surface area (Å²) in [5.41, 5.74) is 2.75. The SMILES string of the molecule is CN(CC(=O)N/N=C\c1c(O)ccc2ccccc12)S(=O)(=O)c1ccc(Br)cc1. The molecule has 150 valence electrons. The predicted octanol–water partition coefficient (Wildman–Crippen LogP) is 3.08. The van der Waals surface area contributed by atoms with Gasteiger partial charge in [0.15, 0.2) is 0 Å². The summed E-state index contributed by atoms with van der Waals surface area (Å²) in [5, 5.41) is 15.6. The Hall–Kier alpha value is -2.75. The molecule has 0 aromatic heterocycles. The fourth-order valence-corrected chi connectivity index (χ4v) is 4.09. The maximum atomic E-state index is 12.5. The average Bonchev–Trinajstić information content (AvgIpc) is 2.70. The van der Waals surface area contributed by atoms with Gasteiger partial charge < -0.3 is 5.11 Å². The van der Waals surface area contributed by atoms with Crippen molar-refractivity contribution in [3.63, 3.8) is 0 Å². The Morgan fingerprint density at radius 3 is 2.55 bits per heavy atom. The molecule has 0 fully saturated rings. The van der Waals surface area contributed by atoms with Crippen LogP contribution in [0.2, 0.25) is 0 Å². The largest absolute Gasteiger partial charge is 0.507 e. The number of sulfonamides is 1. The molecule has 0 saturated carbocycles. The molecular formula is C20H18BrN3O4S. The highest BCUT2D eigenvalue weighted by molar-refractivity contribution is 9.10. The smallest absolute Gasteiger partial charge is 0.255 e. The third kappa shape index (κ3) is 4.81. The lowest BCUT2D eigenvalue weighted by Gasteiger charge is -2.16. The average molecular weight is 476 g/mol. The number of hydrogen-bond acceptors (Lipinski definition) is 5. The van der Waals surface area contributed by atoms with Gasteiger partial charge in [-0.25, -0.2) is 13.8 Å². The lowest BCUT2D eigenvalue weighted by atomic mass is 10.0. The zero-order valence-corrected chi connectivity index (χ0v) is 17.8. The van der Waals surface area contributed by atoms with Crippen LogP contribution in [0.3, 0.4) is 0 Å². The van der Waals surface area contributed by atoms with E-state index >= 15 is 0 Å². The fourth-order valence-electron chi connectivity index (χ4n) is 2.70. The minimum absolute atomic E-state index is 0.0247. The monoisotopic (exact) mass is 475 g/mol. The Balaban J connectivity index is 1.69. The number of nitrogens with zero attached hydrogens (tertiary/aromatic N) is 2. The molecule has 2 N–H and O–H groups in total. The maximum Gasteiger partial charge on any atom is 0.255 e. The van der Waals surface area contributed by atoms with Crippen molar-refractivity contribution in [2.75, 3.05) is 13.6 Å². The molecule has 0 heterocycles. The van der Waals surface area contributed by atoms with E-state index in [1.807, 2.05) is 24.3 Å². The van der Waals surface area contributed by atoms with E-state index in [-0.39, 0.29) is 10.6 Å². The van der Waals surface area contributed by atoms with Crippen LogP contribution in [0, 0.1) is 0 Å². The number of benzene rings is 3. The van der Waals surface area contributed by atoms with Crippen molar-refractivity contribution in [3.8, 4) is 5.75 Å². The number of halogens is 1. The van der Waals surface area contributed by atoms with Gasteiger partial charge in [0, 0.05) is 17.1 Å². The third-order valence-electron chi connectivity index (χ3n) is 4.22. The maximum absolute atomic E-state index is 12.5. The first-order valence-corrected chi connectivity index (χ1v) is 10.8. The van der Waals surface area contributed by atoms with E-state index in [1.54, 1.807) is 24.3 Å². The molecule has 3 rings (SSSR count). The number of amides is 1. The number of hydrazone groups is 1. The second-order valence-corrected chi connectivity index (χ2v) is 9.19. The van der Waals surface area contributed by atoms with Gasteiger partial charge in [-0.15, -0.1) is 0 Å². The van der Waals surface area contributed by atoms with E-state index in [0.29, 0.717) is 5.56 Å². The minimum Gasteiger partial charge on any atom is -0.507 e. The van der Waals surface area contributed by atoms with Crippen molar-refractivity contribution in [2.45, 2.75) is 4.90 Å². The first-order chi connectivity index (χ1) is 13.8. The number of fused-ring (bicyclic) bond motifs is 1. The highest BCUT2D eigenvalue weighted by atomic mass is 79.9. The molecule has 0 aliphatic rings. The van der Waals surface area contributed by atoms with E-state index in [0.717, 1.165) is 19.6 Å². The van der Waals surface area contributed by atoms with Crippen LogP contribution >= 0.6 is 15.9 Å². The number of carbonyl (C=O) groups is 1. The molecule has 0 atom stereocenters. The lowest BCUT2D eigenvalue weighted by Crippen LogP contribution is -2.36. The third-order valence-corrected chi connectivity index (χ3v) is 6.56. The number of hydrogen-bond donors (Lipinski definition) is 2. The van der Waals surface area contributed by atoms with E-state index in [1.165, 1.54) is 25.4 Å². The van der Waals surface area contributed by atoms with Gasteiger partial charge in [-0.2, -0.15) is 9.41 Å². The van der Waals surface area contributed by atoms with Crippen LogP contribution in [-0.4, -0.2) is 43.5 Å². The van der Waals surface area contributed by atoms with Crippen LogP contribution in [-0.2, 0) is 14.8 Å². The van der Waals surface area contributed by atoms with Crippen LogP contribution in [0.15, 0.2) is 75.1 Å². The number of carbonyl (C=O) groups excluding carboxylic acids is 1. The van der Waals surface area contributed by atoms with Gasteiger partial charge >= 0.3 is 0 Å². The summed E-state index contributed by atoms with van der Waals surface area (Å²) in [5.74, 6) is -0.583. The van der Waals surface area contributed by atoms with Crippen LogP contribution < -0.4 is 5.43 Å². The van der Waals surface area contributed by atoms with Crippen molar-refractivity contribution >= 4 is 48.8 Å². The van der Waals surface area contributed by atoms with Gasteiger partial charge in [-0.05, 0) is 41.1 Å². The van der Waals surface area contributed by atoms with Crippen LogP contribution in [0.25, 0.3) is 10.8 Å². The zero-order chi connectivity index (χ0) is 21.0. The Bertz CT molecular complexity index is 1180. The summed E-state index contributed by atoms with van der Waals surface area (Å²) in [7, 11) is -2.49. The molecule has 1 amide bonds. The molecule has 0 bridgehead atoms. The normalized spacial score (nSPS) is 12.0. The minimum atomic E-state index is -3.80. The van der Waals surface area contributed by atoms with E-state index in [2.05, 4.69) is 26.5 Å². The van der Waals surface area contributed by atoms with Crippen molar-refractivity contribution in [3.05, 3.63) is 70.7 Å². The number of nitrogens with one attached hydrogen (secondary N) is 1. The molecule has 29 heavy (non-hydrogen) atoms. The Morgan fingerprint density at radius 2 is 1.83 bits per heavy atom. The standard InChI is InChI=1S/C20H18BrN3O4S/c1-24(29(27,28)16-9-7-15(21)8-10-16)13-20(26)23-22-12-18-17-5-3-2-4-14(17)6-11-19(18)25/h2-12,25H,13H2,1H3,(H,23,26)/b22-12-. The summed E-state index contributed by atoms with van der Waals surface area (Å²) >= 11 is 3.25. The molecule has 0 saturated heterocycles. The number of rotatable bonds is 6. The Morgan fingerprint density at radius 1 is 1.14 bits per heavy atom. The first-order valence-electron chi connectivity index (χ1n) is 8.53.